The van der Waals surface area contributed by atoms with Crippen molar-refractivity contribution in [1.29, 1.82) is 5.26 Å². The van der Waals surface area contributed by atoms with Gasteiger partial charge in [0, 0.05) is 6.42 Å². The highest BCUT2D eigenvalue weighted by atomic mass is 16.5. The Balaban J connectivity index is 2.89. The minimum atomic E-state index is 0.434. The molecule has 0 heterocycles. The molecule has 1 unspecified atom stereocenters. The van der Waals surface area contributed by atoms with Gasteiger partial charge in [0.2, 0.25) is 0 Å². The Hall–Kier alpha value is -1.49. The Morgan fingerprint density at radius 2 is 2.00 bits per heavy atom. The maximum atomic E-state index is 8.66. The molecule has 1 aromatic rings. The van der Waals surface area contributed by atoms with Crippen molar-refractivity contribution in [2.75, 3.05) is 6.61 Å². The van der Waals surface area contributed by atoms with E-state index in [-0.39, 0.29) is 0 Å². The lowest BCUT2D eigenvalue weighted by atomic mass is 9.91. The molecule has 0 aromatic heterocycles. The van der Waals surface area contributed by atoms with E-state index in [1.165, 1.54) is 16.7 Å². The Bertz CT molecular complexity index is 431. The van der Waals surface area contributed by atoms with Gasteiger partial charge in [0.15, 0.2) is 0 Å². The molecule has 1 atom stereocenters. The molecule has 0 aliphatic heterocycles. The van der Waals surface area contributed by atoms with Gasteiger partial charge in [-0.2, -0.15) is 5.26 Å². The summed E-state index contributed by atoms with van der Waals surface area (Å²) in [5.41, 5.74) is 3.79. The average Bonchev–Trinajstić information content (AvgIpc) is 2.36. The lowest BCUT2D eigenvalue weighted by Crippen LogP contribution is -2.02. The molecular weight excluding hydrogens is 222 g/mol. The van der Waals surface area contributed by atoms with Crippen LogP contribution < -0.4 is 4.74 Å². The molecule has 2 nitrogen and oxygen atoms in total. The van der Waals surface area contributed by atoms with Gasteiger partial charge in [-0.15, -0.1) is 0 Å². The van der Waals surface area contributed by atoms with Crippen molar-refractivity contribution in [1.82, 2.24) is 0 Å². The summed E-state index contributed by atoms with van der Waals surface area (Å²) in [4.78, 5) is 0. The summed E-state index contributed by atoms with van der Waals surface area (Å²) in [5, 5.41) is 8.66. The molecule has 0 radical (unpaired) electrons. The third-order valence-electron chi connectivity index (χ3n) is 3.25. The van der Waals surface area contributed by atoms with Gasteiger partial charge in [-0.25, -0.2) is 0 Å². The number of nitriles is 1. The summed E-state index contributed by atoms with van der Waals surface area (Å²) >= 11 is 0. The van der Waals surface area contributed by atoms with Gasteiger partial charge in [0.25, 0.3) is 0 Å². The van der Waals surface area contributed by atoms with Crippen LogP contribution in [-0.4, -0.2) is 6.61 Å². The molecule has 98 valence electrons. The Morgan fingerprint density at radius 1 is 1.28 bits per heavy atom. The van der Waals surface area contributed by atoms with E-state index in [1.807, 2.05) is 0 Å². The van der Waals surface area contributed by atoms with Gasteiger partial charge in [-0.3, -0.25) is 0 Å². The molecule has 0 aliphatic carbocycles. The highest BCUT2D eigenvalue weighted by molar-refractivity contribution is 5.43. The summed E-state index contributed by atoms with van der Waals surface area (Å²) in [6.07, 6.45) is 2.57. The molecule has 1 aromatic carbocycles. The highest BCUT2D eigenvalue weighted by Crippen LogP contribution is 2.30. The topological polar surface area (TPSA) is 33.0 Å². The van der Waals surface area contributed by atoms with Crippen LogP contribution in [0.5, 0.6) is 5.75 Å². The maximum Gasteiger partial charge on any atom is 0.122 e. The molecular formula is C16H23NO. The van der Waals surface area contributed by atoms with Crippen LogP contribution in [0.25, 0.3) is 0 Å². The molecule has 0 N–H and O–H groups in total. The third-order valence-corrected chi connectivity index (χ3v) is 3.25. The molecule has 0 saturated carbocycles. The monoisotopic (exact) mass is 245 g/mol. The first kappa shape index (κ1) is 14.6. The van der Waals surface area contributed by atoms with Crippen LogP contribution in [0, 0.1) is 25.2 Å². The number of hydrogen-bond acceptors (Lipinski definition) is 2. The minimum Gasteiger partial charge on any atom is -0.493 e. The summed E-state index contributed by atoms with van der Waals surface area (Å²) < 4.78 is 5.73. The molecule has 0 amide bonds. The molecule has 18 heavy (non-hydrogen) atoms. The molecule has 1 rings (SSSR count). The fourth-order valence-corrected chi connectivity index (χ4v) is 2.15. The Morgan fingerprint density at radius 3 is 2.61 bits per heavy atom. The van der Waals surface area contributed by atoms with Crippen LogP contribution in [-0.2, 0) is 0 Å². The standard InChI is InChI=1S/C16H23NO/c1-5-9-18-16-11-13(3)15(10-14(16)4)12(2)7-6-8-17/h10-12H,5-7,9H2,1-4H3. The van der Waals surface area contributed by atoms with Crippen molar-refractivity contribution < 1.29 is 4.74 Å². The normalized spacial score (nSPS) is 11.9. The SMILES string of the molecule is CCCOc1cc(C)c(C(C)CCC#N)cc1C. The van der Waals surface area contributed by atoms with E-state index in [2.05, 4.69) is 45.9 Å². The fourth-order valence-electron chi connectivity index (χ4n) is 2.15. The summed E-state index contributed by atoms with van der Waals surface area (Å²) in [6, 6.07) is 6.56. The van der Waals surface area contributed by atoms with E-state index in [0.717, 1.165) is 25.2 Å². The van der Waals surface area contributed by atoms with E-state index in [4.69, 9.17) is 10.00 Å². The average molecular weight is 245 g/mol. The smallest absolute Gasteiger partial charge is 0.122 e. The molecule has 0 bridgehead atoms. The zero-order valence-electron chi connectivity index (χ0n) is 11.9. The predicted octanol–water partition coefficient (Wildman–Crippen LogP) is 4.50. The zero-order chi connectivity index (χ0) is 13.5. The lowest BCUT2D eigenvalue weighted by molar-refractivity contribution is 0.315. The molecule has 2 heteroatoms. The van der Waals surface area contributed by atoms with Crippen molar-refractivity contribution >= 4 is 0 Å². The molecule has 0 spiro atoms. The Labute approximate surface area is 111 Å². The largest absolute Gasteiger partial charge is 0.493 e. The number of benzene rings is 1. The van der Waals surface area contributed by atoms with Crippen LogP contribution in [0.1, 0.15) is 55.7 Å². The second-order valence-electron chi connectivity index (χ2n) is 4.92. The number of ether oxygens (including phenoxy) is 1. The first-order valence-corrected chi connectivity index (χ1v) is 6.71. The van der Waals surface area contributed by atoms with Crippen molar-refractivity contribution in [2.24, 2.45) is 0 Å². The summed E-state index contributed by atoms with van der Waals surface area (Å²) in [6.45, 7) is 9.28. The van der Waals surface area contributed by atoms with E-state index in [9.17, 15) is 0 Å². The first-order valence-electron chi connectivity index (χ1n) is 6.71. The lowest BCUT2D eigenvalue weighted by Gasteiger charge is -2.17. The quantitative estimate of drug-likeness (QED) is 0.739. The van der Waals surface area contributed by atoms with Crippen LogP contribution in [0.4, 0.5) is 0 Å². The molecule has 0 saturated heterocycles. The Kier molecular flexibility index (Phi) is 5.71. The van der Waals surface area contributed by atoms with E-state index < -0.39 is 0 Å². The number of hydrogen-bond donors (Lipinski definition) is 0. The van der Waals surface area contributed by atoms with Gasteiger partial charge in [0.1, 0.15) is 5.75 Å². The summed E-state index contributed by atoms with van der Waals surface area (Å²) in [7, 11) is 0. The van der Waals surface area contributed by atoms with E-state index >= 15 is 0 Å². The number of aryl methyl sites for hydroxylation is 2. The van der Waals surface area contributed by atoms with Crippen molar-refractivity contribution in [3.63, 3.8) is 0 Å². The highest BCUT2D eigenvalue weighted by Gasteiger charge is 2.11. The van der Waals surface area contributed by atoms with Gasteiger partial charge in [-0.1, -0.05) is 19.9 Å². The van der Waals surface area contributed by atoms with Crippen molar-refractivity contribution in [2.45, 2.75) is 52.9 Å². The van der Waals surface area contributed by atoms with Gasteiger partial charge < -0.3 is 4.74 Å². The van der Waals surface area contributed by atoms with Crippen LogP contribution >= 0.6 is 0 Å². The second-order valence-corrected chi connectivity index (χ2v) is 4.92. The summed E-state index contributed by atoms with van der Waals surface area (Å²) in [5.74, 6) is 1.43. The van der Waals surface area contributed by atoms with Gasteiger partial charge in [0.05, 0.1) is 12.7 Å². The first-order chi connectivity index (χ1) is 8.60. The predicted molar refractivity (Wildman–Crippen MR) is 75.0 cm³/mol. The number of rotatable bonds is 6. The van der Waals surface area contributed by atoms with Crippen LogP contribution in [0.2, 0.25) is 0 Å². The van der Waals surface area contributed by atoms with Gasteiger partial charge >= 0.3 is 0 Å². The van der Waals surface area contributed by atoms with Crippen LogP contribution in [0.3, 0.4) is 0 Å². The third kappa shape index (κ3) is 3.77. The van der Waals surface area contributed by atoms with Crippen LogP contribution in [0.15, 0.2) is 12.1 Å². The van der Waals surface area contributed by atoms with E-state index in [0.29, 0.717) is 12.3 Å². The number of nitrogens with zero attached hydrogens (tertiary/aromatic N) is 1. The zero-order valence-corrected chi connectivity index (χ0v) is 11.9. The molecule has 0 fully saturated rings. The van der Waals surface area contributed by atoms with Crippen molar-refractivity contribution in [3.05, 3.63) is 28.8 Å². The minimum absolute atomic E-state index is 0.434. The fraction of sp³-hybridized carbons (Fsp3) is 0.562. The van der Waals surface area contributed by atoms with Crippen molar-refractivity contribution in [3.8, 4) is 11.8 Å². The second kappa shape index (κ2) is 7.06. The van der Waals surface area contributed by atoms with E-state index in [1.54, 1.807) is 0 Å². The molecule has 0 aliphatic rings. The maximum absolute atomic E-state index is 8.66. The van der Waals surface area contributed by atoms with Gasteiger partial charge in [-0.05, 0) is 55.4 Å².